The van der Waals surface area contributed by atoms with Gasteiger partial charge >= 0.3 is 5.97 Å². The van der Waals surface area contributed by atoms with E-state index in [4.69, 9.17) is 4.52 Å². The molecule has 0 radical (unpaired) electrons. The Hall–Kier alpha value is -3.95. The normalized spacial score (nSPS) is 15.7. The minimum absolute atomic E-state index is 0.212. The zero-order valence-corrected chi connectivity index (χ0v) is 20.3. The molecule has 9 nitrogen and oxygen atoms in total. The standard InChI is InChI=1S/C27H29N5O4/c1-17-23(18(2)36-30-17)16-31-10-12-32(13-11-31)25(27(34)35)22-15-28-24-9-8-20(14-21(22)24)29-26(33)19-6-4-3-5-7-19/h3-9,14-15,25,28H,10-13,16H2,1-2H3,(H,29,33)(H,34,35)/t25-/m1/s1. The Morgan fingerprint density at radius 1 is 1.11 bits per heavy atom. The Morgan fingerprint density at radius 2 is 1.86 bits per heavy atom. The molecular weight excluding hydrogens is 458 g/mol. The zero-order valence-electron chi connectivity index (χ0n) is 20.3. The predicted molar refractivity (Wildman–Crippen MR) is 136 cm³/mol. The third kappa shape index (κ3) is 4.75. The van der Waals surface area contributed by atoms with Crippen LogP contribution in [0.1, 0.15) is 39.0 Å². The van der Waals surface area contributed by atoms with Crippen LogP contribution in [-0.2, 0) is 11.3 Å². The molecular formula is C27H29N5O4. The first kappa shape index (κ1) is 23.8. The SMILES string of the molecule is Cc1noc(C)c1CN1CCN([C@@H](C(=O)O)c2c[nH]c3ccc(NC(=O)c4ccccc4)cc23)CC1. The van der Waals surface area contributed by atoms with E-state index in [1.807, 2.05) is 55.1 Å². The number of hydrogen-bond donors (Lipinski definition) is 3. The van der Waals surface area contributed by atoms with E-state index in [0.717, 1.165) is 47.6 Å². The van der Waals surface area contributed by atoms with Crippen LogP contribution in [0.15, 0.2) is 59.3 Å². The molecule has 0 spiro atoms. The lowest BCUT2D eigenvalue weighted by molar-refractivity contribution is -0.144. The van der Waals surface area contributed by atoms with Gasteiger partial charge in [-0.3, -0.25) is 19.4 Å². The number of hydrogen-bond acceptors (Lipinski definition) is 6. The van der Waals surface area contributed by atoms with Gasteiger partial charge in [0.25, 0.3) is 5.91 Å². The lowest BCUT2D eigenvalue weighted by atomic mass is 10.0. The lowest BCUT2D eigenvalue weighted by Crippen LogP contribution is -2.48. The highest BCUT2D eigenvalue weighted by Gasteiger charge is 2.32. The van der Waals surface area contributed by atoms with Crippen LogP contribution in [0.4, 0.5) is 5.69 Å². The van der Waals surface area contributed by atoms with Gasteiger partial charge in [0.1, 0.15) is 11.8 Å². The Labute approximate surface area is 208 Å². The van der Waals surface area contributed by atoms with E-state index >= 15 is 0 Å². The Bertz CT molecular complexity index is 1370. The molecule has 36 heavy (non-hydrogen) atoms. The van der Waals surface area contributed by atoms with Crippen LogP contribution in [0.5, 0.6) is 0 Å². The van der Waals surface area contributed by atoms with Gasteiger partial charge in [-0.25, -0.2) is 0 Å². The summed E-state index contributed by atoms with van der Waals surface area (Å²) in [6, 6.07) is 13.7. The van der Waals surface area contributed by atoms with Crippen LogP contribution in [0.3, 0.4) is 0 Å². The van der Waals surface area contributed by atoms with E-state index < -0.39 is 12.0 Å². The summed E-state index contributed by atoms with van der Waals surface area (Å²) in [5.74, 6) is -0.280. The molecule has 9 heteroatoms. The minimum atomic E-state index is -0.895. The highest BCUT2D eigenvalue weighted by Crippen LogP contribution is 2.32. The molecule has 4 aromatic rings. The molecule has 2 aromatic carbocycles. The molecule has 5 rings (SSSR count). The second-order valence-electron chi connectivity index (χ2n) is 9.18. The van der Waals surface area contributed by atoms with Crippen molar-refractivity contribution in [3.8, 4) is 0 Å². The molecule has 0 bridgehead atoms. The number of piperazine rings is 1. The molecule has 1 atom stereocenters. The van der Waals surface area contributed by atoms with Crippen molar-refractivity contribution >= 4 is 28.5 Å². The van der Waals surface area contributed by atoms with Gasteiger partial charge in [-0.05, 0) is 44.2 Å². The molecule has 1 saturated heterocycles. The van der Waals surface area contributed by atoms with Gasteiger partial charge < -0.3 is 19.9 Å². The minimum Gasteiger partial charge on any atom is -0.480 e. The van der Waals surface area contributed by atoms with Gasteiger partial charge in [-0.15, -0.1) is 0 Å². The maximum atomic E-state index is 12.6. The number of nitrogens with one attached hydrogen (secondary N) is 2. The highest BCUT2D eigenvalue weighted by atomic mass is 16.5. The third-order valence-electron chi connectivity index (χ3n) is 6.87. The molecule has 3 N–H and O–H groups in total. The van der Waals surface area contributed by atoms with E-state index in [1.54, 1.807) is 18.3 Å². The number of H-pyrrole nitrogens is 1. The van der Waals surface area contributed by atoms with Crippen molar-refractivity contribution in [1.29, 1.82) is 0 Å². The van der Waals surface area contributed by atoms with Gasteiger partial charge in [-0.2, -0.15) is 0 Å². The number of nitrogens with zero attached hydrogens (tertiary/aromatic N) is 3. The number of carboxylic acid groups (broad SMARTS) is 1. The fraction of sp³-hybridized carbons (Fsp3) is 0.296. The van der Waals surface area contributed by atoms with Crippen molar-refractivity contribution in [3.05, 3.63) is 82.9 Å². The summed E-state index contributed by atoms with van der Waals surface area (Å²) in [4.78, 5) is 32.6. The predicted octanol–water partition coefficient (Wildman–Crippen LogP) is 3.97. The van der Waals surface area contributed by atoms with Gasteiger partial charge in [0.15, 0.2) is 0 Å². The van der Waals surface area contributed by atoms with Gasteiger partial charge in [0.2, 0.25) is 0 Å². The largest absolute Gasteiger partial charge is 0.480 e. The molecule has 1 amide bonds. The first-order valence-electron chi connectivity index (χ1n) is 12.0. The number of carboxylic acids is 1. The zero-order chi connectivity index (χ0) is 25.2. The van der Waals surface area contributed by atoms with Gasteiger partial charge in [0.05, 0.1) is 5.69 Å². The summed E-state index contributed by atoms with van der Waals surface area (Å²) in [5, 5.41) is 17.9. The van der Waals surface area contributed by atoms with Crippen molar-refractivity contribution in [2.45, 2.75) is 26.4 Å². The van der Waals surface area contributed by atoms with Crippen molar-refractivity contribution in [3.63, 3.8) is 0 Å². The van der Waals surface area contributed by atoms with Crippen molar-refractivity contribution in [2.75, 3.05) is 31.5 Å². The van der Waals surface area contributed by atoms with Crippen LogP contribution in [0, 0.1) is 13.8 Å². The number of carbonyl (C=O) groups excluding carboxylic acids is 1. The summed E-state index contributed by atoms with van der Waals surface area (Å²) in [6.07, 6.45) is 1.77. The van der Waals surface area contributed by atoms with Gasteiger partial charge in [-0.1, -0.05) is 23.4 Å². The smallest absolute Gasteiger partial charge is 0.325 e. The van der Waals surface area contributed by atoms with Crippen LogP contribution < -0.4 is 5.32 Å². The second-order valence-corrected chi connectivity index (χ2v) is 9.18. The average Bonchev–Trinajstić information content (AvgIpc) is 3.43. The molecule has 3 heterocycles. The monoisotopic (exact) mass is 487 g/mol. The fourth-order valence-corrected chi connectivity index (χ4v) is 4.86. The fourth-order valence-electron chi connectivity index (χ4n) is 4.86. The summed E-state index contributed by atoms with van der Waals surface area (Å²) >= 11 is 0. The second kappa shape index (κ2) is 9.96. The molecule has 2 aromatic heterocycles. The number of benzene rings is 2. The summed E-state index contributed by atoms with van der Waals surface area (Å²) in [5.41, 5.74) is 4.68. The first-order chi connectivity index (χ1) is 17.4. The van der Waals surface area contributed by atoms with E-state index in [-0.39, 0.29) is 5.91 Å². The maximum Gasteiger partial charge on any atom is 0.325 e. The first-order valence-corrected chi connectivity index (χ1v) is 12.0. The molecule has 1 aliphatic heterocycles. The molecule has 0 unspecified atom stereocenters. The lowest BCUT2D eigenvalue weighted by Gasteiger charge is -2.37. The highest BCUT2D eigenvalue weighted by molar-refractivity contribution is 6.05. The quantitative estimate of drug-likeness (QED) is 0.361. The maximum absolute atomic E-state index is 12.6. The molecule has 0 saturated carbocycles. The topological polar surface area (TPSA) is 115 Å². The molecule has 0 aliphatic carbocycles. The number of fused-ring (bicyclic) bond motifs is 1. The van der Waals surface area contributed by atoms with E-state index in [9.17, 15) is 14.7 Å². The van der Waals surface area contributed by atoms with E-state index in [1.165, 1.54) is 0 Å². The number of anilines is 1. The molecule has 1 fully saturated rings. The van der Waals surface area contributed by atoms with Crippen molar-refractivity contribution in [1.82, 2.24) is 19.9 Å². The van der Waals surface area contributed by atoms with Crippen LogP contribution in [0.2, 0.25) is 0 Å². The van der Waals surface area contributed by atoms with Crippen molar-refractivity contribution in [2.24, 2.45) is 0 Å². The summed E-state index contributed by atoms with van der Waals surface area (Å²) in [7, 11) is 0. The number of aromatic amines is 1. The Kier molecular flexibility index (Phi) is 6.58. The Morgan fingerprint density at radius 3 is 2.53 bits per heavy atom. The van der Waals surface area contributed by atoms with Gasteiger partial charge in [0, 0.05) is 72.2 Å². The number of aliphatic carboxylic acids is 1. The number of aromatic nitrogens is 2. The van der Waals surface area contributed by atoms with Crippen LogP contribution in [-0.4, -0.2) is 63.1 Å². The Balaban J connectivity index is 1.33. The number of aryl methyl sites for hydroxylation is 2. The number of carbonyl (C=O) groups is 2. The molecule has 1 aliphatic rings. The van der Waals surface area contributed by atoms with Crippen LogP contribution >= 0.6 is 0 Å². The average molecular weight is 488 g/mol. The third-order valence-corrected chi connectivity index (χ3v) is 6.87. The summed E-state index contributed by atoms with van der Waals surface area (Å²) in [6.45, 7) is 7.33. The van der Waals surface area contributed by atoms with Crippen molar-refractivity contribution < 1.29 is 19.2 Å². The number of amides is 1. The number of rotatable bonds is 7. The van der Waals surface area contributed by atoms with E-state index in [0.29, 0.717) is 29.9 Å². The summed E-state index contributed by atoms with van der Waals surface area (Å²) < 4.78 is 5.28. The van der Waals surface area contributed by atoms with E-state index in [2.05, 4.69) is 20.4 Å². The van der Waals surface area contributed by atoms with Crippen LogP contribution in [0.25, 0.3) is 10.9 Å². The molecule has 186 valence electrons.